The average molecular weight is 379 g/mol. The topological polar surface area (TPSA) is 76.2 Å². The minimum atomic E-state index is -0.0672. The van der Waals surface area contributed by atoms with E-state index in [-0.39, 0.29) is 11.9 Å². The van der Waals surface area contributed by atoms with Gasteiger partial charge < -0.3 is 14.6 Å². The Hall–Kier alpha value is -2.67. The first-order chi connectivity index (χ1) is 13.7. The number of rotatable bonds is 5. The second-order valence-corrected chi connectivity index (χ2v) is 7.86. The van der Waals surface area contributed by atoms with Crippen LogP contribution in [0.25, 0.3) is 22.4 Å². The third kappa shape index (κ3) is 2.99. The lowest BCUT2D eigenvalue weighted by Crippen LogP contribution is -2.57. The van der Waals surface area contributed by atoms with E-state index in [1.54, 1.807) is 12.5 Å². The van der Waals surface area contributed by atoms with Gasteiger partial charge in [-0.2, -0.15) is 5.10 Å². The van der Waals surface area contributed by atoms with Crippen LogP contribution in [0.5, 0.6) is 0 Å². The highest BCUT2D eigenvalue weighted by Gasteiger charge is 2.35. The number of nitrogens with one attached hydrogen (secondary N) is 1. The van der Waals surface area contributed by atoms with E-state index in [1.807, 2.05) is 22.9 Å². The van der Waals surface area contributed by atoms with Crippen LogP contribution >= 0.6 is 0 Å². The van der Waals surface area contributed by atoms with E-state index >= 15 is 0 Å². The van der Waals surface area contributed by atoms with Crippen LogP contribution in [0.3, 0.4) is 0 Å². The van der Waals surface area contributed by atoms with Gasteiger partial charge in [-0.1, -0.05) is 6.92 Å². The Kier molecular flexibility index (Phi) is 4.39. The maximum Gasteiger partial charge on any atom is 0.272 e. The first kappa shape index (κ1) is 17.4. The summed E-state index contributed by atoms with van der Waals surface area (Å²) >= 11 is 0. The molecule has 28 heavy (non-hydrogen) atoms. The summed E-state index contributed by atoms with van der Waals surface area (Å²) in [6.07, 6.45) is 6.50. The van der Waals surface area contributed by atoms with Crippen LogP contribution in [0.1, 0.15) is 36.7 Å². The van der Waals surface area contributed by atoms with Crippen molar-refractivity contribution in [2.45, 2.75) is 38.8 Å². The molecule has 1 atom stereocenters. The van der Waals surface area contributed by atoms with Gasteiger partial charge in [0.1, 0.15) is 6.26 Å². The molecule has 1 aromatic carbocycles. The fraction of sp³-hybridized carbons (Fsp3) is 0.476. The van der Waals surface area contributed by atoms with E-state index in [0.29, 0.717) is 17.5 Å². The molecule has 0 aliphatic carbocycles. The summed E-state index contributed by atoms with van der Waals surface area (Å²) in [5.74, 6) is 1.10. The van der Waals surface area contributed by atoms with E-state index in [1.165, 1.54) is 12.8 Å². The highest BCUT2D eigenvalue weighted by Crippen LogP contribution is 2.29. The minimum absolute atomic E-state index is 0.0672. The van der Waals surface area contributed by atoms with Crippen LogP contribution in [0.4, 0.5) is 0 Å². The summed E-state index contributed by atoms with van der Waals surface area (Å²) in [7, 11) is 0. The van der Waals surface area contributed by atoms with Crippen LogP contribution < -0.4 is 5.32 Å². The molecular weight excluding hydrogens is 354 g/mol. The zero-order chi connectivity index (χ0) is 19.1. The number of amides is 1. The first-order valence-corrected chi connectivity index (χ1v) is 10.2. The summed E-state index contributed by atoms with van der Waals surface area (Å²) in [4.78, 5) is 19.8. The van der Waals surface area contributed by atoms with Crippen molar-refractivity contribution in [3.8, 4) is 11.5 Å². The summed E-state index contributed by atoms with van der Waals surface area (Å²) in [5, 5.41) is 8.82. The molecule has 7 nitrogen and oxygen atoms in total. The number of hydrogen-bond donors (Lipinski definition) is 1. The Morgan fingerprint density at radius 2 is 2.18 bits per heavy atom. The molecule has 0 unspecified atom stereocenters. The molecule has 3 saturated heterocycles. The SMILES string of the molecule is CCCn1nc(C(=O)N[C@@H]2CN3CCC2CC3)c2ccc(-c3ncco3)cc21. The molecule has 6 rings (SSSR count). The Bertz CT molecular complexity index is 986. The number of oxazole rings is 1. The predicted molar refractivity (Wildman–Crippen MR) is 106 cm³/mol. The highest BCUT2D eigenvalue weighted by molar-refractivity contribution is 6.05. The molecule has 2 aromatic heterocycles. The number of carbonyl (C=O) groups is 1. The number of benzene rings is 1. The number of carbonyl (C=O) groups excluding carboxylic acids is 1. The fourth-order valence-corrected chi connectivity index (χ4v) is 4.59. The molecule has 5 heterocycles. The zero-order valence-electron chi connectivity index (χ0n) is 16.1. The largest absolute Gasteiger partial charge is 0.445 e. The average Bonchev–Trinajstić information content (AvgIpc) is 3.37. The smallest absolute Gasteiger partial charge is 0.272 e. The number of nitrogens with zero attached hydrogens (tertiary/aromatic N) is 4. The molecule has 3 aromatic rings. The Labute approximate surface area is 163 Å². The lowest BCUT2D eigenvalue weighted by Gasteiger charge is -2.44. The Morgan fingerprint density at radius 1 is 1.32 bits per heavy atom. The zero-order valence-corrected chi connectivity index (χ0v) is 16.1. The monoisotopic (exact) mass is 379 g/mol. The van der Waals surface area contributed by atoms with Gasteiger partial charge in [0.25, 0.3) is 5.91 Å². The van der Waals surface area contributed by atoms with E-state index < -0.39 is 0 Å². The quantitative estimate of drug-likeness (QED) is 0.738. The molecule has 146 valence electrons. The number of aryl methyl sites for hydroxylation is 1. The van der Waals surface area contributed by atoms with Crippen molar-refractivity contribution >= 4 is 16.8 Å². The van der Waals surface area contributed by atoms with Gasteiger partial charge in [0.2, 0.25) is 5.89 Å². The van der Waals surface area contributed by atoms with E-state index in [9.17, 15) is 4.79 Å². The third-order valence-corrected chi connectivity index (χ3v) is 6.05. The van der Waals surface area contributed by atoms with Crippen LogP contribution in [0, 0.1) is 5.92 Å². The van der Waals surface area contributed by atoms with Gasteiger partial charge in [-0.05, 0) is 56.5 Å². The minimum Gasteiger partial charge on any atom is -0.445 e. The molecule has 0 radical (unpaired) electrons. The van der Waals surface area contributed by atoms with Gasteiger partial charge in [-0.15, -0.1) is 0 Å². The Balaban J connectivity index is 1.47. The van der Waals surface area contributed by atoms with Gasteiger partial charge in [0.15, 0.2) is 5.69 Å². The molecular formula is C21H25N5O2. The third-order valence-electron chi connectivity index (χ3n) is 6.05. The van der Waals surface area contributed by atoms with Gasteiger partial charge >= 0.3 is 0 Å². The van der Waals surface area contributed by atoms with Crippen LogP contribution in [0.2, 0.25) is 0 Å². The molecule has 0 saturated carbocycles. The van der Waals surface area contributed by atoms with Gasteiger partial charge in [-0.3, -0.25) is 9.48 Å². The van der Waals surface area contributed by atoms with Gasteiger partial charge in [0, 0.05) is 30.1 Å². The maximum atomic E-state index is 13.1. The van der Waals surface area contributed by atoms with Gasteiger partial charge in [0.05, 0.1) is 11.7 Å². The summed E-state index contributed by atoms with van der Waals surface area (Å²) in [5.41, 5.74) is 2.34. The molecule has 1 amide bonds. The van der Waals surface area contributed by atoms with Gasteiger partial charge in [-0.25, -0.2) is 4.98 Å². The van der Waals surface area contributed by atoms with Crippen LogP contribution in [-0.4, -0.2) is 51.2 Å². The lowest BCUT2D eigenvalue weighted by molar-refractivity contribution is 0.0618. The molecule has 2 bridgehead atoms. The number of hydrogen-bond acceptors (Lipinski definition) is 5. The normalized spacial score (nSPS) is 24.0. The predicted octanol–water partition coefficient (Wildman–Crippen LogP) is 2.93. The Morgan fingerprint density at radius 3 is 2.86 bits per heavy atom. The lowest BCUT2D eigenvalue weighted by atomic mass is 9.84. The van der Waals surface area contributed by atoms with Crippen molar-refractivity contribution in [3.63, 3.8) is 0 Å². The fourth-order valence-electron chi connectivity index (χ4n) is 4.59. The standard InChI is InChI=1S/C21H25N5O2/c1-2-8-26-18-12-15(21-22-7-11-28-21)3-4-16(18)19(24-26)20(27)23-17-13-25-9-5-14(17)6-10-25/h3-4,7,11-12,14,17H,2,5-6,8-10,13H2,1H3,(H,23,27)/t17-/m1/s1. The van der Waals surface area contributed by atoms with E-state index in [2.05, 4.69) is 27.2 Å². The summed E-state index contributed by atoms with van der Waals surface area (Å²) in [6, 6.07) is 6.14. The number of aromatic nitrogens is 3. The summed E-state index contributed by atoms with van der Waals surface area (Å²) in [6.45, 7) is 6.15. The van der Waals surface area contributed by atoms with Crippen molar-refractivity contribution in [2.75, 3.05) is 19.6 Å². The van der Waals surface area contributed by atoms with E-state index in [4.69, 9.17) is 4.42 Å². The molecule has 3 aliphatic heterocycles. The highest BCUT2D eigenvalue weighted by atomic mass is 16.3. The van der Waals surface area contributed by atoms with Crippen molar-refractivity contribution < 1.29 is 9.21 Å². The second kappa shape index (κ2) is 7.05. The van der Waals surface area contributed by atoms with Crippen molar-refractivity contribution in [1.29, 1.82) is 0 Å². The molecule has 3 aliphatic rings. The summed E-state index contributed by atoms with van der Waals surface area (Å²) < 4.78 is 7.35. The van der Waals surface area contributed by atoms with Crippen LogP contribution in [-0.2, 0) is 6.54 Å². The molecule has 3 fully saturated rings. The maximum absolute atomic E-state index is 13.1. The molecule has 7 heteroatoms. The number of piperidine rings is 3. The van der Waals surface area contributed by atoms with Crippen molar-refractivity contribution in [3.05, 3.63) is 36.4 Å². The second-order valence-electron chi connectivity index (χ2n) is 7.86. The van der Waals surface area contributed by atoms with Crippen molar-refractivity contribution in [2.24, 2.45) is 5.92 Å². The molecule has 0 spiro atoms. The van der Waals surface area contributed by atoms with Crippen LogP contribution in [0.15, 0.2) is 35.1 Å². The van der Waals surface area contributed by atoms with Crippen molar-refractivity contribution in [1.82, 2.24) is 25.0 Å². The first-order valence-electron chi connectivity index (χ1n) is 10.2. The molecule has 1 N–H and O–H groups in total. The number of fused-ring (bicyclic) bond motifs is 4. The van der Waals surface area contributed by atoms with E-state index in [0.717, 1.165) is 49.1 Å².